The number of nitrogens with zero attached hydrogens (tertiary/aromatic N) is 1. The summed E-state index contributed by atoms with van der Waals surface area (Å²) in [4.78, 5) is 24.8. The first kappa shape index (κ1) is 19.5. The highest BCUT2D eigenvalue weighted by molar-refractivity contribution is 6.07. The van der Waals surface area contributed by atoms with Gasteiger partial charge in [0.05, 0.1) is 23.2 Å². The van der Waals surface area contributed by atoms with E-state index in [2.05, 4.69) is 21.4 Å². The van der Waals surface area contributed by atoms with E-state index in [1.807, 2.05) is 37.3 Å². The van der Waals surface area contributed by atoms with Crippen LogP contribution in [-0.4, -0.2) is 17.5 Å². The SMILES string of the molecule is Cc1occc1C(=O)NNC(=O)c1oc2c(c1C)/C(=N/Nc1ccccc1)CCC2. The van der Waals surface area contributed by atoms with Gasteiger partial charge in [0.1, 0.15) is 11.5 Å². The van der Waals surface area contributed by atoms with E-state index >= 15 is 0 Å². The molecule has 3 aromatic rings. The van der Waals surface area contributed by atoms with Gasteiger partial charge in [0.2, 0.25) is 0 Å². The van der Waals surface area contributed by atoms with Crippen molar-refractivity contribution >= 4 is 23.2 Å². The van der Waals surface area contributed by atoms with Crippen molar-refractivity contribution in [2.45, 2.75) is 33.1 Å². The molecule has 1 aliphatic rings. The van der Waals surface area contributed by atoms with Gasteiger partial charge in [0.15, 0.2) is 5.76 Å². The molecule has 0 radical (unpaired) electrons. The minimum atomic E-state index is -0.522. The number of para-hydroxylation sites is 1. The lowest BCUT2D eigenvalue weighted by atomic mass is 9.93. The zero-order valence-corrected chi connectivity index (χ0v) is 16.7. The summed E-state index contributed by atoms with van der Waals surface area (Å²) in [6.07, 6.45) is 3.81. The molecule has 2 aromatic heterocycles. The second kappa shape index (κ2) is 8.28. The lowest BCUT2D eigenvalue weighted by molar-refractivity contribution is 0.0828. The van der Waals surface area contributed by atoms with Crippen LogP contribution in [0, 0.1) is 13.8 Å². The van der Waals surface area contributed by atoms with Crippen LogP contribution in [0.25, 0.3) is 0 Å². The first-order valence-corrected chi connectivity index (χ1v) is 9.69. The summed E-state index contributed by atoms with van der Waals surface area (Å²) < 4.78 is 10.9. The molecular formula is C22H22N4O4. The summed E-state index contributed by atoms with van der Waals surface area (Å²) in [5.41, 5.74) is 11.5. The van der Waals surface area contributed by atoms with Crippen molar-refractivity contribution in [2.75, 3.05) is 5.43 Å². The van der Waals surface area contributed by atoms with Crippen molar-refractivity contribution in [1.29, 1.82) is 0 Å². The van der Waals surface area contributed by atoms with Crippen LogP contribution < -0.4 is 16.3 Å². The van der Waals surface area contributed by atoms with E-state index in [1.54, 1.807) is 6.92 Å². The normalized spacial score (nSPS) is 14.3. The van der Waals surface area contributed by atoms with E-state index in [-0.39, 0.29) is 5.76 Å². The zero-order chi connectivity index (χ0) is 21.1. The largest absolute Gasteiger partial charge is 0.469 e. The van der Waals surface area contributed by atoms with Gasteiger partial charge in [-0.2, -0.15) is 5.10 Å². The van der Waals surface area contributed by atoms with Crippen LogP contribution in [0.2, 0.25) is 0 Å². The average Bonchev–Trinajstić information content (AvgIpc) is 3.34. The van der Waals surface area contributed by atoms with Crippen LogP contribution in [-0.2, 0) is 6.42 Å². The first-order chi connectivity index (χ1) is 14.5. The quantitative estimate of drug-likeness (QED) is 0.572. The van der Waals surface area contributed by atoms with E-state index in [9.17, 15) is 9.59 Å². The monoisotopic (exact) mass is 406 g/mol. The lowest BCUT2D eigenvalue weighted by Crippen LogP contribution is -2.41. The second-order valence-electron chi connectivity index (χ2n) is 7.04. The van der Waals surface area contributed by atoms with Gasteiger partial charge in [-0.05, 0) is 44.9 Å². The Hall–Kier alpha value is -3.81. The van der Waals surface area contributed by atoms with Crippen molar-refractivity contribution in [3.63, 3.8) is 0 Å². The molecule has 8 heteroatoms. The number of fused-ring (bicyclic) bond motifs is 1. The van der Waals surface area contributed by atoms with Crippen LogP contribution >= 0.6 is 0 Å². The molecule has 2 amide bonds. The van der Waals surface area contributed by atoms with E-state index in [1.165, 1.54) is 12.3 Å². The number of anilines is 1. The number of furan rings is 2. The summed E-state index contributed by atoms with van der Waals surface area (Å²) in [5.74, 6) is 0.385. The zero-order valence-electron chi connectivity index (χ0n) is 16.7. The van der Waals surface area contributed by atoms with Crippen molar-refractivity contribution in [3.8, 4) is 0 Å². The van der Waals surface area contributed by atoms with E-state index in [0.717, 1.165) is 42.0 Å². The van der Waals surface area contributed by atoms with Crippen LogP contribution in [0.1, 0.15) is 56.4 Å². The fourth-order valence-electron chi connectivity index (χ4n) is 3.50. The maximum Gasteiger partial charge on any atom is 0.305 e. The Balaban J connectivity index is 1.50. The highest BCUT2D eigenvalue weighted by atomic mass is 16.4. The molecule has 154 valence electrons. The summed E-state index contributed by atoms with van der Waals surface area (Å²) in [7, 11) is 0. The maximum atomic E-state index is 12.6. The number of hydrazine groups is 1. The van der Waals surface area contributed by atoms with Crippen molar-refractivity contribution in [3.05, 3.63) is 76.6 Å². The minimum Gasteiger partial charge on any atom is -0.469 e. The molecule has 1 aromatic carbocycles. The molecule has 8 nitrogen and oxygen atoms in total. The topological polar surface area (TPSA) is 109 Å². The Morgan fingerprint density at radius 3 is 2.50 bits per heavy atom. The lowest BCUT2D eigenvalue weighted by Gasteiger charge is -2.13. The second-order valence-corrected chi connectivity index (χ2v) is 7.04. The third kappa shape index (κ3) is 3.84. The number of carbonyl (C=O) groups is 2. The molecule has 0 unspecified atom stereocenters. The number of carbonyl (C=O) groups excluding carboxylic acids is 2. The number of aryl methyl sites for hydroxylation is 2. The minimum absolute atomic E-state index is 0.165. The Bertz CT molecular complexity index is 1110. The summed E-state index contributed by atoms with van der Waals surface area (Å²) in [6.45, 7) is 3.49. The number of nitrogens with one attached hydrogen (secondary N) is 3. The molecule has 0 bridgehead atoms. The Labute approximate surface area is 173 Å². The highest BCUT2D eigenvalue weighted by Crippen LogP contribution is 2.30. The first-order valence-electron chi connectivity index (χ1n) is 9.69. The molecule has 0 saturated carbocycles. The third-order valence-electron chi connectivity index (χ3n) is 5.02. The van der Waals surface area contributed by atoms with Gasteiger partial charge in [0, 0.05) is 17.5 Å². The smallest absolute Gasteiger partial charge is 0.305 e. The third-order valence-corrected chi connectivity index (χ3v) is 5.02. The molecule has 0 atom stereocenters. The van der Waals surface area contributed by atoms with Gasteiger partial charge in [-0.1, -0.05) is 18.2 Å². The Morgan fingerprint density at radius 1 is 1.00 bits per heavy atom. The van der Waals surface area contributed by atoms with Crippen LogP contribution in [0.5, 0.6) is 0 Å². The number of hydrogen-bond acceptors (Lipinski definition) is 6. The summed E-state index contributed by atoms with van der Waals surface area (Å²) >= 11 is 0. The number of rotatable bonds is 4. The van der Waals surface area contributed by atoms with Gasteiger partial charge < -0.3 is 8.83 Å². The van der Waals surface area contributed by atoms with Crippen molar-refractivity contribution < 1.29 is 18.4 Å². The molecule has 0 spiro atoms. The maximum absolute atomic E-state index is 12.6. The predicted octanol–water partition coefficient (Wildman–Crippen LogP) is 3.72. The Kier molecular flexibility index (Phi) is 5.38. The van der Waals surface area contributed by atoms with Crippen molar-refractivity contribution in [2.24, 2.45) is 5.10 Å². The van der Waals surface area contributed by atoms with Gasteiger partial charge in [-0.25, -0.2) is 0 Å². The molecule has 2 heterocycles. The van der Waals surface area contributed by atoms with E-state index < -0.39 is 11.8 Å². The summed E-state index contributed by atoms with van der Waals surface area (Å²) in [5, 5.41) is 4.54. The average molecular weight is 406 g/mol. The van der Waals surface area contributed by atoms with E-state index in [4.69, 9.17) is 8.83 Å². The van der Waals surface area contributed by atoms with Crippen molar-refractivity contribution in [1.82, 2.24) is 10.9 Å². The standard InChI is InChI=1S/C22H22N4O4/c1-13-19-17(24-23-15-7-4-3-5-8-15)9-6-10-18(19)30-20(13)22(28)26-25-21(27)16-11-12-29-14(16)2/h3-5,7-8,11-12,23H,6,9-10H2,1-2H3,(H,25,27)(H,26,28)/b24-17+. The molecule has 0 saturated heterocycles. The summed E-state index contributed by atoms with van der Waals surface area (Å²) in [6, 6.07) is 11.2. The number of hydrogen-bond donors (Lipinski definition) is 3. The number of benzene rings is 1. The van der Waals surface area contributed by atoms with Gasteiger partial charge in [-0.15, -0.1) is 0 Å². The molecule has 1 aliphatic carbocycles. The molecule has 0 fully saturated rings. The fraction of sp³-hybridized carbons (Fsp3) is 0.227. The van der Waals surface area contributed by atoms with Gasteiger partial charge >= 0.3 is 5.91 Å². The molecular weight excluding hydrogens is 384 g/mol. The Morgan fingerprint density at radius 2 is 1.77 bits per heavy atom. The van der Waals surface area contributed by atoms with E-state index in [0.29, 0.717) is 16.9 Å². The van der Waals surface area contributed by atoms with Gasteiger partial charge in [0.25, 0.3) is 5.91 Å². The predicted molar refractivity (Wildman–Crippen MR) is 111 cm³/mol. The van der Waals surface area contributed by atoms with Crippen LogP contribution in [0.15, 0.2) is 56.6 Å². The van der Waals surface area contributed by atoms with Crippen LogP contribution in [0.4, 0.5) is 5.69 Å². The molecule has 4 rings (SSSR count). The number of amides is 2. The van der Waals surface area contributed by atoms with Gasteiger partial charge in [-0.3, -0.25) is 25.9 Å². The number of hydrazone groups is 1. The van der Waals surface area contributed by atoms with Crippen LogP contribution in [0.3, 0.4) is 0 Å². The molecule has 3 N–H and O–H groups in total. The highest BCUT2D eigenvalue weighted by Gasteiger charge is 2.28. The fourth-order valence-corrected chi connectivity index (χ4v) is 3.50. The molecule has 0 aliphatic heterocycles. The molecule has 30 heavy (non-hydrogen) atoms.